The van der Waals surface area contributed by atoms with E-state index in [9.17, 15) is 4.79 Å². The van der Waals surface area contributed by atoms with Crippen LogP contribution in [0.25, 0.3) is 10.8 Å². The normalized spacial score (nSPS) is 12.7. The minimum Gasteiger partial charge on any atom is -0.379 e. The zero-order valence-corrected chi connectivity index (χ0v) is 18.8. The average Bonchev–Trinajstić information content (AvgIpc) is 3.07. The summed E-state index contributed by atoms with van der Waals surface area (Å²) in [6.45, 7) is 0.761. The molecule has 0 saturated carbocycles. The number of hydrogen-bond acceptors (Lipinski definition) is 3. The van der Waals surface area contributed by atoms with Crippen molar-refractivity contribution in [3.8, 4) is 0 Å². The van der Waals surface area contributed by atoms with Crippen molar-refractivity contribution in [2.45, 2.75) is 12.8 Å². The molecular formula is C28H24ClN3O. The van der Waals surface area contributed by atoms with Gasteiger partial charge in [-0.05, 0) is 59.8 Å². The van der Waals surface area contributed by atoms with Crippen LogP contribution in [0.15, 0.2) is 97.2 Å². The molecule has 0 aromatic heterocycles. The first-order chi connectivity index (χ1) is 16.2. The lowest BCUT2D eigenvalue weighted by molar-refractivity contribution is -0.116. The van der Waals surface area contributed by atoms with Gasteiger partial charge in [-0.3, -0.25) is 4.79 Å². The molecule has 0 radical (unpaired) electrons. The number of nitrogens with zero attached hydrogens (tertiary/aromatic N) is 1. The monoisotopic (exact) mass is 453 g/mol. The Hall–Kier alpha value is -3.76. The Kier molecular flexibility index (Phi) is 6.01. The lowest BCUT2D eigenvalue weighted by Gasteiger charge is -2.23. The minimum atomic E-state index is -0.0293. The number of nitrogens with one attached hydrogen (secondary N) is 2. The van der Waals surface area contributed by atoms with Crippen LogP contribution in [0.1, 0.15) is 12.0 Å². The second kappa shape index (κ2) is 9.39. The smallest absolute Gasteiger partial charge is 0.224 e. The van der Waals surface area contributed by atoms with Gasteiger partial charge in [0.25, 0.3) is 0 Å². The van der Waals surface area contributed by atoms with Crippen LogP contribution in [0.4, 0.5) is 22.7 Å². The predicted octanol–water partition coefficient (Wildman–Crippen LogP) is 7.14. The molecule has 4 aromatic carbocycles. The maximum absolute atomic E-state index is 12.4. The Morgan fingerprint density at radius 2 is 1.73 bits per heavy atom. The van der Waals surface area contributed by atoms with Crippen molar-refractivity contribution < 1.29 is 4.79 Å². The number of fused-ring (bicyclic) bond motifs is 3. The van der Waals surface area contributed by atoms with E-state index in [1.165, 1.54) is 10.8 Å². The molecule has 0 atom stereocenters. The number of halogens is 1. The number of hydrogen-bond donors (Lipinski definition) is 2. The molecule has 1 aliphatic heterocycles. The Balaban J connectivity index is 1.32. The molecule has 4 aromatic rings. The van der Waals surface area contributed by atoms with Crippen LogP contribution >= 0.6 is 11.6 Å². The van der Waals surface area contributed by atoms with Crippen molar-refractivity contribution in [2.75, 3.05) is 22.1 Å². The van der Waals surface area contributed by atoms with E-state index in [1.54, 1.807) is 0 Å². The highest BCUT2D eigenvalue weighted by molar-refractivity contribution is 6.31. The van der Waals surface area contributed by atoms with E-state index < -0.39 is 0 Å². The van der Waals surface area contributed by atoms with Crippen LogP contribution in [-0.4, -0.2) is 12.5 Å². The van der Waals surface area contributed by atoms with Gasteiger partial charge in [0.15, 0.2) is 0 Å². The fourth-order valence-corrected chi connectivity index (χ4v) is 4.38. The van der Waals surface area contributed by atoms with Gasteiger partial charge in [-0.25, -0.2) is 0 Å². The third-order valence-electron chi connectivity index (χ3n) is 5.83. The first-order valence-electron chi connectivity index (χ1n) is 11.0. The summed E-state index contributed by atoms with van der Waals surface area (Å²) in [5.41, 5.74) is 5.01. The van der Waals surface area contributed by atoms with Gasteiger partial charge in [-0.1, -0.05) is 60.1 Å². The fourth-order valence-electron chi connectivity index (χ4n) is 4.15. The van der Waals surface area contributed by atoms with Gasteiger partial charge in [-0.2, -0.15) is 0 Å². The summed E-state index contributed by atoms with van der Waals surface area (Å²) in [7, 11) is 0. The lowest BCUT2D eigenvalue weighted by Crippen LogP contribution is -2.13. The molecule has 5 heteroatoms. The van der Waals surface area contributed by atoms with Gasteiger partial charge in [0.1, 0.15) is 0 Å². The number of aryl methyl sites for hydroxylation is 1. The highest BCUT2D eigenvalue weighted by Crippen LogP contribution is 2.39. The molecule has 4 nitrogen and oxygen atoms in total. The van der Waals surface area contributed by atoms with Crippen LogP contribution in [0.5, 0.6) is 0 Å². The molecule has 0 spiro atoms. The third-order valence-corrected chi connectivity index (χ3v) is 6.19. The maximum atomic E-state index is 12.4. The average molecular weight is 454 g/mol. The first-order valence-corrected chi connectivity index (χ1v) is 11.4. The Bertz CT molecular complexity index is 1330. The molecule has 0 aliphatic carbocycles. The topological polar surface area (TPSA) is 44.4 Å². The predicted molar refractivity (Wildman–Crippen MR) is 139 cm³/mol. The van der Waals surface area contributed by atoms with E-state index in [-0.39, 0.29) is 5.91 Å². The van der Waals surface area contributed by atoms with Gasteiger partial charge < -0.3 is 15.5 Å². The second-order valence-corrected chi connectivity index (χ2v) is 8.41. The number of anilines is 4. The Morgan fingerprint density at radius 3 is 2.58 bits per heavy atom. The van der Waals surface area contributed by atoms with E-state index >= 15 is 0 Å². The summed E-state index contributed by atoms with van der Waals surface area (Å²) >= 11 is 6.19. The van der Waals surface area contributed by atoms with Crippen LogP contribution in [0.2, 0.25) is 5.02 Å². The van der Waals surface area contributed by atoms with Crippen molar-refractivity contribution in [1.29, 1.82) is 0 Å². The highest BCUT2D eigenvalue weighted by atomic mass is 35.5. The molecule has 0 saturated heterocycles. The van der Waals surface area contributed by atoms with E-state index in [1.807, 2.05) is 48.5 Å². The molecular weight excluding hydrogens is 430 g/mol. The van der Waals surface area contributed by atoms with Crippen LogP contribution in [0.3, 0.4) is 0 Å². The molecule has 0 fully saturated rings. The van der Waals surface area contributed by atoms with Gasteiger partial charge in [0, 0.05) is 40.9 Å². The lowest BCUT2D eigenvalue weighted by atomic mass is 10.1. The Morgan fingerprint density at radius 1 is 0.939 bits per heavy atom. The quantitative estimate of drug-likeness (QED) is 0.337. The molecule has 0 bridgehead atoms. The van der Waals surface area contributed by atoms with Gasteiger partial charge in [-0.15, -0.1) is 0 Å². The minimum absolute atomic E-state index is 0.0293. The SMILES string of the molecule is O=C(CCc1ccccc1Cl)Nc1ccc(N2C=CCNc3c2ccc2ccccc32)cc1. The zero-order valence-electron chi connectivity index (χ0n) is 18.1. The third kappa shape index (κ3) is 4.57. The fraction of sp³-hybridized carbons (Fsp3) is 0.107. The zero-order chi connectivity index (χ0) is 22.6. The summed E-state index contributed by atoms with van der Waals surface area (Å²) in [4.78, 5) is 14.6. The van der Waals surface area contributed by atoms with Crippen molar-refractivity contribution in [1.82, 2.24) is 0 Å². The second-order valence-electron chi connectivity index (χ2n) is 8.00. The molecule has 1 amide bonds. The summed E-state index contributed by atoms with van der Waals surface area (Å²) < 4.78 is 0. The van der Waals surface area contributed by atoms with Gasteiger partial charge in [0.05, 0.1) is 11.4 Å². The molecule has 0 unspecified atom stereocenters. The Labute approximate surface area is 198 Å². The number of amides is 1. The first kappa shape index (κ1) is 21.1. The van der Waals surface area contributed by atoms with Gasteiger partial charge >= 0.3 is 0 Å². The maximum Gasteiger partial charge on any atom is 0.224 e. The number of carbonyl (C=O) groups excluding carboxylic acids is 1. The largest absolute Gasteiger partial charge is 0.379 e. The number of rotatable bonds is 5. The molecule has 2 N–H and O–H groups in total. The number of carbonyl (C=O) groups is 1. The van der Waals surface area contributed by atoms with Crippen LogP contribution < -0.4 is 15.5 Å². The summed E-state index contributed by atoms with van der Waals surface area (Å²) in [6, 6.07) is 28.3. The van der Waals surface area contributed by atoms with E-state index in [0.29, 0.717) is 17.9 Å². The molecule has 33 heavy (non-hydrogen) atoms. The van der Waals surface area contributed by atoms with Crippen molar-refractivity contribution in [2.24, 2.45) is 0 Å². The van der Waals surface area contributed by atoms with Crippen LogP contribution in [0, 0.1) is 0 Å². The standard InChI is InChI=1S/C28H24ClN3O/c29-25-9-4-2-7-21(25)11-17-27(33)31-22-12-14-23(15-13-22)32-19-5-18-30-28-24-8-3-1-6-20(24)10-16-26(28)32/h1-10,12-16,19,30H,11,17-18H2,(H,31,33). The van der Waals surface area contributed by atoms with E-state index in [0.717, 1.165) is 34.9 Å². The molecule has 1 heterocycles. The van der Waals surface area contributed by atoms with Gasteiger partial charge in [0.2, 0.25) is 5.91 Å². The van der Waals surface area contributed by atoms with Crippen molar-refractivity contribution >= 4 is 51.0 Å². The van der Waals surface area contributed by atoms with E-state index in [4.69, 9.17) is 11.6 Å². The van der Waals surface area contributed by atoms with Crippen LogP contribution in [-0.2, 0) is 11.2 Å². The van der Waals surface area contributed by atoms with E-state index in [2.05, 4.69) is 64.2 Å². The summed E-state index contributed by atoms with van der Waals surface area (Å²) in [5.74, 6) is -0.0293. The summed E-state index contributed by atoms with van der Waals surface area (Å²) in [6.07, 6.45) is 5.19. The highest BCUT2D eigenvalue weighted by Gasteiger charge is 2.16. The number of benzene rings is 4. The summed E-state index contributed by atoms with van der Waals surface area (Å²) in [5, 5.41) is 9.63. The van der Waals surface area contributed by atoms with Crippen molar-refractivity contribution in [3.63, 3.8) is 0 Å². The van der Waals surface area contributed by atoms with Crippen molar-refractivity contribution in [3.05, 3.63) is 108 Å². The molecule has 1 aliphatic rings. The molecule has 164 valence electrons. The molecule has 5 rings (SSSR count).